The van der Waals surface area contributed by atoms with Gasteiger partial charge in [-0.2, -0.15) is 5.10 Å². The molecule has 1 amide bonds. The molecule has 0 saturated carbocycles. The van der Waals surface area contributed by atoms with Gasteiger partial charge in [-0.05, 0) is 24.1 Å². The van der Waals surface area contributed by atoms with Gasteiger partial charge in [0.2, 0.25) is 5.13 Å². The Labute approximate surface area is 197 Å². The van der Waals surface area contributed by atoms with Crippen molar-refractivity contribution >= 4 is 57.3 Å². The first-order valence-electron chi connectivity index (χ1n) is 9.29. The molecule has 0 atom stereocenters. The van der Waals surface area contributed by atoms with Gasteiger partial charge in [-0.1, -0.05) is 94.8 Å². The summed E-state index contributed by atoms with van der Waals surface area (Å²) in [7, 11) is 0. The first kappa shape index (κ1) is 21.8. The van der Waals surface area contributed by atoms with Gasteiger partial charge in [0.25, 0.3) is 5.91 Å². The van der Waals surface area contributed by atoms with Crippen molar-refractivity contribution in [2.75, 3.05) is 5.32 Å². The predicted octanol–water partition coefficient (Wildman–Crippen LogP) is 5.94. The zero-order chi connectivity index (χ0) is 21.8. The highest BCUT2D eigenvalue weighted by Gasteiger charge is 2.22. The fourth-order valence-corrected chi connectivity index (χ4v) is 5.12. The van der Waals surface area contributed by atoms with Crippen LogP contribution in [0.15, 0.2) is 58.9 Å². The van der Waals surface area contributed by atoms with Crippen LogP contribution in [0.1, 0.15) is 27.2 Å². The average Bonchev–Trinajstić information content (AvgIpc) is 3.32. The molecule has 1 N–H and O–H groups in total. The van der Waals surface area contributed by atoms with Gasteiger partial charge in [-0.3, -0.25) is 10.1 Å². The molecular formula is C21H17Cl2N5OS2. The number of hydrogen-bond donors (Lipinski definition) is 1. The van der Waals surface area contributed by atoms with Crippen LogP contribution in [0.4, 0.5) is 5.13 Å². The highest BCUT2D eigenvalue weighted by Crippen LogP contribution is 2.29. The van der Waals surface area contributed by atoms with Crippen LogP contribution in [0.5, 0.6) is 0 Å². The van der Waals surface area contributed by atoms with Crippen molar-refractivity contribution < 1.29 is 4.79 Å². The number of carbonyl (C=O) groups excluding carboxylic acids is 1. The second kappa shape index (κ2) is 9.82. The first-order chi connectivity index (χ1) is 15.0. The molecule has 0 saturated heterocycles. The molecule has 2 heterocycles. The normalized spacial score (nSPS) is 10.9. The standard InChI is InChI=1S/C21H17Cl2N5OS2/c1-13-17(18(23)28(27-13)11-15-9-5-6-10-16(15)22)19(29)24-20-25-26-21(31-20)30-12-14-7-3-2-4-8-14/h2-10H,11-12H2,1H3,(H,24,25,29). The van der Waals surface area contributed by atoms with Crippen molar-refractivity contribution in [1.82, 2.24) is 20.0 Å². The summed E-state index contributed by atoms with van der Waals surface area (Å²) in [6.07, 6.45) is 0. The van der Waals surface area contributed by atoms with Crippen LogP contribution in [-0.4, -0.2) is 25.9 Å². The zero-order valence-corrected chi connectivity index (χ0v) is 19.5. The first-order valence-corrected chi connectivity index (χ1v) is 11.8. The molecule has 2 aromatic carbocycles. The lowest BCUT2D eigenvalue weighted by molar-refractivity contribution is 0.102. The molecule has 0 aliphatic heterocycles. The minimum absolute atomic E-state index is 0.248. The van der Waals surface area contributed by atoms with Crippen molar-refractivity contribution in [3.63, 3.8) is 0 Å². The third-order valence-electron chi connectivity index (χ3n) is 4.40. The van der Waals surface area contributed by atoms with Crippen LogP contribution in [0, 0.1) is 6.92 Å². The molecule has 158 valence electrons. The summed E-state index contributed by atoms with van der Waals surface area (Å²) in [5.41, 5.74) is 2.89. The van der Waals surface area contributed by atoms with E-state index in [9.17, 15) is 4.79 Å². The van der Waals surface area contributed by atoms with Crippen LogP contribution < -0.4 is 5.32 Å². The van der Waals surface area contributed by atoms with E-state index < -0.39 is 0 Å². The molecule has 0 aliphatic carbocycles. The van der Waals surface area contributed by atoms with Gasteiger partial charge in [0, 0.05) is 10.8 Å². The van der Waals surface area contributed by atoms with E-state index in [1.54, 1.807) is 29.4 Å². The summed E-state index contributed by atoms with van der Waals surface area (Å²) in [6, 6.07) is 17.5. The van der Waals surface area contributed by atoms with Crippen molar-refractivity contribution in [2.24, 2.45) is 0 Å². The average molecular weight is 490 g/mol. The molecule has 31 heavy (non-hydrogen) atoms. The number of anilines is 1. The Balaban J connectivity index is 1.44. The Morgan fingerprint density at radius 2 is 1.84 bits per heavy atom. The maximum Gasteiger partial charge on any atom is 0.262 e. The number of benzene rings is 2. The van der Waals surface area contributed by atoms with Crippen LogP contribution >= 0.6 is 46.3 Å². The topological polar surface area (TPSA) is 72.7 Å². The molecule has 0 aliphatic rings. The molecular weight excluding hydrogens is 473 g/mol. The molecule has 0 bridgehead atoms. The number of halogens is 2. The monoisotopic (exact) mass is 489 g/mol. The molecule has 6 nitrogen and oxygen atoms in total. The number of hydrogen-bond acceptors (Lipinski definition) is 6. The molecule has 2 aromatic heterocycles. The van der Waals surface area contributed by atoms with Crippen molar-refractivity contribution in [3.05, 3.63) is 87.2 Å². The van der Waals surface area contributed by atoms with E-state index in [0.29, 0.717) is 28.0 Å². The van der Waals surface area contributed by atoms with Gasteiger partial charge in [0.05, 0.1) is 17.8 Å². The minimum Gasteiger partial charge on any atom is -0.296 e. The summed E-state index contributed by atoms with van der Waals surface area (Å²) in [4.78, 5) is 12.8. The van der Waals surface area contributed by atoms with Crippen molar-refractivity contribution in [1.29, 1.82) is 0 Å². The quantitative estimate of drug-likeness (QED) is 0.256. The van der Waals surface area contributed by atoms with Gasteiger partial charge in [-0.15, -0.1) is 10.2 Å². The molecule has 10 heteroatoms. The highest BCUT2D eigenvalue weighted by atomic mass is 35.5. The fraction of sp³-hybridized carbons (Fsp3) is 0.143. The van der Waals surface area contributed by atoms with E-state index >= 15 is 0 Å². The summed E-state index contributed by atoms with van der Waals surface area (Å²) in [5.74, 6) is 0.409. The Kier molecular flexibility index (Phi) is 6.92. The summed E-state index contributed by atoms with van der Waals surface area (Å²) < 4.78 is 2.34. The second-order valence-electron chi connectivity index (χ2n) is 6.60. The lowest BCUT2D eigenvalue weighted by atomic mass is 10.2. The van der Waals surface area contributed by atoms with Crippen LogP contribution in [0.2, 0.25) is 10.2 Å². The van der Waals surface area contributed by atoms with E-state index in [-0.39, 0.29) is 11.1 Å². The number of thioether (sulfide) groups is 1. The maximum atomic E-state index is 12.8. The summed E-state index contributed by atoms with van der Waals surface area (Å²) in [5, 5.41) is 16.7. The predicted molar refractivity (Wildman–Crippen MR) is 126 cm³/mol. The van der Waals surface area contributed by atoms with Crippen LogP contribution in [-0.2, 0) is 12.3 Å². The largest absolute Gasteiger partial charge is 0.296 e. The molecule has 0 spiro atoms. The third kappa shape index (κ3) is 5.27. The second-order valence-corrected chi connectivity index (χ2v) is 9.57. The maximum absolute atomic E-state index is 12.8. The highest BCUT2D eigenvalue weighted by molar-refractivity contribution is 8.00. The lowest BCUT2D eigenvalue weighted by Crippen LogP contribution is -2.13. The molecule has 4 rings (SSSR count). The van der Waals surface area contributed by atoms with Crippen molar-refractivity contribution in [3.8, 4) is 0 Å². The van der Waals surface area contributed by atoms with Gasteiger partial charge >= 0.3 is 0 Å². The smallest absolute Gasteiger partial charge is 0.262 e. The zero-order valence-electron chi connectivity index (χ0n) is 16.4. The van der Waals surface area contributed by atoms with Gasteiger partial charge < -0.3 is 0 Å². The molecule has 4 aromatic rings. The SMILES string of the molecule is Cc1nn(Cc2ccccc2Cl)c(Cl)c1C(=O)Nc1nnc(SCc2ccccc2)s1. The van der Waals surface area contributed by atoms with Crippen LogP contribution in [0.3, 0.4) is 0 Å². The number of aryl methyl sites for hydroxylation is 1. The van der Waals surface area contributed by atoms with Crippen molar-refractivity contribution in [2.45, 2.75) is 23.6 Å². The van der Waals surface area contributed by atoms with Crippen LogP contribution in [0.25, 0.3) is 0 Å². The van der Waals surface area contributed by atoms with E-state index in [1.165, 1.54) is 16.9 Å². The van der Waals surface area contributed by atoms with Gasteiger partial charge in [0.15, 0.2) is 4.34 Å². The Morgan fingerprint density at radius 3 is 2.61 bits per heavy atom. The summed E-state index contributed by atoms with van der Waals surface area (Å²) in [6.45, 7) is 2.11. The number of amides is 1. The van der Waals surface area contributed by atoms with E-state index in [0.717, 1.165) is 15.7 Å². The number of carbonyl (C=O) groups is 1. The number of rotatable bonds is 7. The Morgan fingerprint density at radius 1 is 1.10 bits per heavy atom. The number of nitrogens with zero attached hydrogens (tertiary/aromatic N) is 4. The molecule has 0 unspecified atom stereocenters. The minimum atomic E-state index is -0.372. The van der Waals surface area contributed by atoms with E-state index in [2.05, 4.69) is 32.7 Å². The lowest BCUT2D eigenvalue weighted by Gasteiger charge is -2.06. The third-order valence-corrected chi connectivity index (χ3v) is 7.20. The molecule has 0 fully saturated rings. The summed E-state index contributed by atoms with van der Waals surface area (Å²) >= 11 is 15.6. The number of nitrogens with one attached hydrogen (secondary N) is 1. The van der Waals surface area contributed by atoms with Gasteiger partial charge in [0.1, 0.15) is 5.15 Å². The number of aromatic nitrogens is 4. The van der Waals surface area contributed by atoms with E-state index in [1.807, 2.05) is 36.4 Å². The fourth-order valence-electron chi connectivity index (χ4n) is 2.90. The Bertz CT molecular complexity index is 1210. The Hall–Kier alpha value is -2.39. The van der Waals surface area contributed by atoms with E-state index in [4.69, 9.17) is 23.2 Å². The van der Waals surface area contributed by atoms with Gasteiger partial charge in [-0.25, -0.2) is 4.68 Å². The molecule has 0 radical (unpaired) electrons.